The molecule has 1 amide bonds. The summed E-state index contributed by atoms with van der Waals surface area (Å²) in [6, 6.07) is 7.17. The topological polar surface area (TPSA) is 71.2 Å². The maximum atomic E-state index is 12.5. The first-order valence-corrected chi connectivity index (χ1v) is 7.59. The van der Waals surface area contributed by atoms with Crippen LogP contribution in [0.5, 0.6) is 0 Å². The molecule has 1 aliphatic rings. The molecule has 1 N–H and O–H groups in total. The van der Waals surface area contributed by atoms with Gasteiger partial charge in [-0.15, -0.1) is 5.10 Å². The Balaban J connectivity index is 1.85. The number of aliphatic hydroxyl groups excluding tert-OH is 1. The average Bonchev–Trinajstić information content (AvgIpc) is 2.89. The van der Waals surface area contributed by atoms with Crippen LogP contribution < -0.4 is 0 Å². The van der Waals surface area contributed by atoms with Crippen molar-refractivity contribution < 1.29 is 9.90 Å². The van der Waals surface area contributed by atoms with Gasteiger partial charge in [0.05, 0.1) is 11.8 Å². The normalized spacial score (nSPS) is 18.5. The van der Waals surface area contributed by atoms with Crippen molar-refractivity contribution >= 4 is 17.5 Å². The van der Waals surface area contributed by atoms with Crippen molar-refractivity contribution in [2.45, 2.75) is 25.9 Å². The van der Waals surface area contributed by atoms with E-state index in [4.69, 9.17) is 11.6 Å². The molecule has 22 heavy (non-hydrogen) atoms. The second kappa shape index (κ2) is 6.06. The molecule has 0 saturated carbocycles. The molecule has 2 heterocycles. The molecule has 1 saturated heterocycles. The van der Waals surface area contributed by atoms with Crippen molar-refractivity contribution in [2.75, 3.05) is 13.1 Å². The van der Waals surface area contributed by atoms with E-state index in [1.807, 2.05) is 12.1 Å². The summed E-state index contributed by atoms with van der Waals surface area (Å²) in [5.74, 6) is 0.541. The van der Waals surface area contributed by atoms with Crippen LogP contribution in [0.4, 0.5) is 0 Å². The van der Waals surface area contributed by atoms with Gasteiger partial charge in [-0.3, -0.25) is 4.79 Å². The minimum Gasteiger partial charge on any atom is -0.391 e. The van der Waals surface area contributed by atoms with Crippen molar-refractivity contribution in [1.82, 2.24) is 19.7 Å². The summed E-state index contributed by atoms with van der Waals surface area (Å²) >= 11 is 5.88. The van der Waals surface area contributed by atoms with Crippen molar-refractivity contribution in [1.29, 1.82) is 0 Å². The van der Waals surface area contributed by atoms with E-state index in [1.54, 1.807) is 28.6 Å². The number of nitrogens with zero attached hydrogens (tertiary/aromatic N) is 4. The lowest BCUT2D eigenvalue weighted by molar-refractivity contribution is 0.0464. The summed E-state index contributed by atoms with van der Waals surface area (Å²) in [5, 5.41) is 14.6. The molecular formula is C15H17ClN4O2. The van der Waals surface area contributed by atoms with Crippen LogP contribution in [0.1, 0.15) is 29.3 Å². The molecular weight excluding hydrogens is 304 g/mol. The average molecular weight is 321 g/mol. The van der Waals surface area contributed by atoms with E-state index < -0.39 is 6.10 Å². The quantitative estimate of drug-likeness (QED) is 0.916. The molecule has 7 heteroatoms. The molecule has 0 radical (unpaired) electrons. The van der Waals surface area contributed by atoms with Crippen LogP contribution in [0.25, 0.3) is 5.69 Å². The fraction of sp³-hybridized carbons (Fsp3) is 0.400. The second-order valence-corrected chi connectivity index (χ2v) is 5.85. The molecule has 0 bridgehead atoms. The van der Waals surface area contributed by atoms with Crippen LogP contribution in [-0.4, -0.2) is 49.9 Å². The molecule has 1 aliphatic heterocycles. The Morgan fingerprint density at radius 1 is 1.36 bits per heavy atom. The van der Waals surface area contributed by atoms with E-state index in [1.165, 1.54) is 0 Å². The number of piperidine rings is 1. The third-order valence-corrected chi connectivity index (χ3v) is 3.97. The van der Waals surface area contributed by atoms with E-state index >= 15 is 0 Å². The summed E-state index contributed by atoms with van der Waals surface area (Å²) in [7, 11) is 0. The van der Waals surface area contributed by atoms with Crippen molar-refractivity contribution in [3.05, 3.63) is 40.9 Å². The molecule has 116 valence electrons. The molecule has 0 spiro atoms. The highest BCUT2D eigenvalue weighted by molar-refractivity contribution is 6.30. The summed E-state index contributed by atoms with van der Waals surface area (Å²) in [5.41, 5.74) is 0.798. The zero-order valence-electron chi connectivity index (χ0n) is 12.2. The number of likely N-dealkylation sites (tertiary alicyclic amines) is 1. The Morgan fingerprint density at radius 3 is 2.77 bits per heavy atom. The molecule has 1 atom stereocenters. The minimum absolute atomic E-state index is 0.154. The Labute approximate surface area is 133 Å². The highest BCUT2D eigenvalue weighted by Crippen LogP contribution is 2.16. The van der Waals surface area contributed by atoms with Gasteiger partial charge < -0.3 is 10.0 Å². The monoisotopic (exact) mass is 320 g/mol. The van der Waals surface area contributed by atoms with E-state index in [2.05, 4.69) is 10.1 Å². The number of carbonyl (C=O) groups excluding carboxylic acids is 1. The maximum Gasteiger partial charge on any atom is 0.293 e. The molecule has 2 aromatic rings. The number of aliphatic hydroxyl groups is 1. The Bertz CT molecular complexity index is 683. The van der Waals surface area contributed by atoms with Gasteiger partial charge in [0, 0.05) is 18.1 Å². The number of aromatic nitrogens is 3. The van der Waals surface area contributed by atoms with Crippen LogP contribution in [0.2, 0.25) is 5.02 Å². The largest absolute Gasteiger partial charge is 0.391 e. The molecule has 0 aliphatic carbocycles. The Hall–Kier alpha value is -1.92. The van der Waals surface area contributed by atoms with Gasteiger partial charge in [-0.25, -0.2) is 9.67 Å². The molecule has 6 nitrogen and oxygen atoms in total. The number of β-amino-alcohol motifs (C(OH)–C–C–N with tert-alkyl or cyclic N) is 1. The number of hydrogen-bond acceptors (Lipinski definition) is 4. The number of aryl methyl sites for hydroxylation is 1. The summed E-state index contributed by atoms with van der Waals surface area (Å²) in [6.45, 7) is 2.77. The highest BCUT2D eigenvalue weighted by Gasteiger charge is 2.26. The zero-order chi connectivity index (χ0) is 15.7. The minimum atomic E-state index is -0.461. The van der Waals surface area contributed by atoms with Gasteiger partial charge in [-0.2, -0.15) is 0 Å². The lowest BCUT2D eigenvalue weighted by atomic mass is 10.1. The highest BCUT2D eigenvalue weighted by atomic mass is 35.5. The van der Waals surface area contributed by atoms with Gasteiger partial charge in [0.2, 0.25) is 5.82 Å². The fourth-order valence-corrected chi connectivity index (χ4v) is 2.71. The second-order valence-electron chi connectivity index (χ2n) is 5.42. The van der Waals surface area contributed by atoms with Gasteiger partial charge in [0.25, 0.3) is 5.91 Å². The predicted molar refractivity (Wildman–Crippen MR) is 82.3 cm³/mol. The first-order chi connectivity index (χ1) is 10.5. The first kappa shape index (κ1) is 15.0. The number of carbonyl (C=O) groups is 1. The summed E-state index contributed by atoms with van der Waals surface area (Å²) in [6.07, 6.45) is 1.07. The standard InChI is InChI=1S/C15H17ClN4O2/c1-10-17-14(15(22)19-8-2-3-13(21)9-19)18-20(10)12-6-4-11(16)5-7-12/h4-7,13,21H,2-3,8-9H2,1H3. The van der Waals surface area contributed by atoms with Crippen LogP contribution in [-0.2, 0) is 0 Å². The van der Waals surface area contributed by atoms with Crippen molar-refractivity contribution in [2.24, 2.45) is 0 Å². The van der Waals surface area contributed by atoms with Crippen LogP contribution in [0.15, 0.2) is 24.3 Å². The zero-order valence-corrected chi connectivity index (χ0v) is 13.0. The summed E-state index contributed by atoms with van der Waals surface area (Å²) < 4.78 is 1.62. The molecule has 1 aromatic carbocycles. The van der Waals surface area contributed by atoms with Crippen molar-refractivity contribution in [3.8, 4) is 5.69 Å². The smallest absolute Gasteiger partial charge is 0.293 e. The predicted octanol–water partition coefficient (Wildman–Crippen LogP) is 1.83. The van der Waals surface area contributed by atoms with Gasteiger partial charge in [0.1, 0.15) is 5.82 Å². The van der Waals surface area contributed by atoms with Crippen LogP contribution >= 0.6 is 11.6 Å². The van der Waals surface area contributed by atoms with Crippen LogP contribution in [0, 0.1) is 6.92 Å². The number of amides is 1. The number of hydrogen-bond donors (Lipinski definition) is 1. The number of halogens is 1. The van der Waals surface area contributed by atoms with Gasteiger partial charge in [-0.05, 0) is 44.0 Å². The third kappa shape index (κ3) is 2.98. The number of benzene rings is 1. The maximum absolute atomic E-state index is 12.5. The van der Waals surface area contributed by atoms with Gasteiger partial charge >= 0.3 is 0 Å². The Kier molecular flexibility index (Phi) is 4.13. The van der Waals surface area contributed by atoms with E-state index in [-0.39, 0.29) is 11.7 Å². The molecule has 1 aromatic heterocycles. The fourth-order valence-electron chi connectivity index (χ4n) is 2.59. The number of rotatable bonds is 2. The lowest BCUT2D eigenvalue weighted by Crippen LogP contribution is -2.42. The summed E-state index contributed by atoms with van der Waals surface area (Å²) in [4.78, 5) is 18.3. The third-order valence-electron chi connectivity index (χ3n) is 3.72. The van der Waals surface area contributed by atoms with Gasteiger partial charge in [0.15, 0.2) is 0 Å². The molecule has 3 rings (SSSR count). The van der Waals surface area contributed by atoms with E-state index in [0.717, 1.165) is 18.5 Å². The first-order valence-electron chi connectivity index (χ1n) is 7.21. The van der Waals surface area contributed by atoms with Gasteiger partial charge in [-0.1, -0.05) is 11.6 Å². The van der Waals surface area contributed by atoms with E-state index in [9.17, 15) is 9.90 Å². The molecule has 1 fully saturated rings. The van der Waals surface area contributed by atoms with Crippen LogP contribution in [0.3, 0.4) is 0 Å². The van der Waals surface area contributed by atoms with E-state index in [0.29, 0.717) is 23.9 Å². The lowest BCUT2D eigenvalue weighted by Gasteiger charge is -2.29. The SMILES string of the molecule is Cc1nc(C(=O)N2CCCC(O)C2)nn1-c1ccc(Cl)cc1. The molecule has 1 unspecified atom stereocenters. The Morgan fingerprint density at radius 2 is 2.09 bits per heavy atom. The van der Waals surface area contributed by atoms with Crippen molar-refractivity contribution in [3.63, 3.8) is 0 Å².